The molecule has 0 bridgehead atoms. The molecule has 27 heavy (non-hydrogen) atoms. The van der Waals surface area contributed by atoms with Crippen molar-refractivity contribution in [1.29, 1.82) is 0 Å². The predicted molar refractivity (Wildman–Crippen MR) is 109 cm³/mol. The first-order valence-corrected chi connectivity index (χ1v) is 9.39. The van der Waals surface area contributed by atoms with Crippen LogP contribution in [0.3, 0.4) is 0 Å². The molecule has 2 aromatic carbocycles. The summed E-state index contributed by atoms with van der Waals surface area (Å²) in [5.41, 5.74) is 9.69. The molecular formula is C20H18Cl2N4O. The number of nitrogens with one attached hydrogen (secondary N) is 1. The Labute approximate surface area is 166 Å². The Kier molecular flexibility index (Phi) is 4.91. The largest absolute Gasteiger partial charge is 0.399 e. The van der Waals surface area contributed by atoms with Crippen molar-refractivity contribution in [3.8, 4) is 11.4 Å². The van der Waals surface area contributed by atoms with Crippen molar-refractivity contribution in [3.05, 3.63) is 79.7 Å². The molecule has 3 aromatic rings. The highest BCUT2D eigenvalue weighted by Gasteiger charge is 2.22. The van der Waals surface area contributed by atoms with Crippen LogP contribution in [0.15, 0.2) is 47.3 Å². The van der Waals surface area contributed by atoms with Crippen LogP contribution in [-0.2, 0) is 19.5 Å². The van der Waals surface area contributed by atoms with Gasteiger partial charge in [0.25, 0.3) is 5.56 Å². The zero-order valence-electron chi connectivity index (χ0n) is 14.5. The van der Waals surface area contributed by atoms with Gasteiger partial charge in [0.2, 0.25) is 0 Å². The lowest BCUT2D eigenvalue weighted by molar-refractivity contribution is 0.240. The Hall–Kier alpha value is -2.34. The van der Waals surface area contributed by atoms with Crippen LogP contribution in [-0.4, -0.2) is 21.4 Å². The average molecular weight is 401 g/mol. The van der Waals surface area contributed by atoms with Gasteiger partial charge < -0.3 is 10.7 Å². The highest BCUT2D eigenvalue weighted by molar-refractivity contribution is 6.33. The van der Waals surface area contributed by atoms with Crippen molar-refractivity contribution >= 4 is 28.9 Å². The predicted octanol–water partition coefficient (Wildman–Crippen LogP) is 3.88. The monoisotopic (exact) mass is 400 g/mol. The fourth-order valence-electron chi connectivity index (χ4n) is 3.31. The van der Waals surface area contributed by atoms with Crippen LogP contribution in [0.25, 0.3) is 11.4 Å². The van der Waals surface area contributed by atoms with Crippen molar-refractivity contribution in [1.82, 2.24) is 14.9 Å². The van der Waals surface area contributed by atoms with E-state index in [1.807, 2.05) is 18.2 Å². The molecule has 3 N–H and O–H groups in total. The summed E-state index contributed by atoms with van der Waals surface area (Å²) in [5, 5.41) is 1.35. The Morgan fingerprint density at radius 2 is 1.93 bits per heavy atom. The number of halogens is 2. The molecule has 1 aliphatic rings. The second-order valence-corrected chi connectivity index (χ2v) is 7.50. The number of nitrogens with two attached hydrogens (primary N) is 1. The van der Waals surface area contributed by atoms with E-state index in [1.165, 1.54) is 0 Å². The van der Waals surface area contributed by atoms with Gasteiger partial charge in [0.1, 0.15) is 5.82 Å². The van der Waals surface area contributed by atoms with Crippen molar-refractivity contribution < 1.29 is 0 Å². The van der Waals surface area contributed by atoms with Gasteiger partial charge in [-0.1, -0.05) is 23.2 Å². The molecule has 1 aliphatic heterocycles. The standard InChI is InChI=1S/C20H18Cl2N4O/c21-14-3-6-17(22)13(9-14)10-26-8-7-16-18(11-26)24-19(25-20(16)27)12-1-4-15(23)5-2-12/h1-6,9H,7-8,10-11,23H2,(H,24,25,27). The van der Waals surface area contributed by atoms with E-state index >= 15 is 0 Å². The van der Waals surface area contributed by atoms with Crippen LogP contribution in [0.5, 0.6) is 0 Å². The van der Waals surface area contributed by atoms with Crippen molar-refractivity contribution in [2.75, 3.05) is 12.3 Å². The number of anilines is 1. The number of fused-ring (bicyclic) bond motifs is 1. The number of hydrogen-bond donors (Lipinski definition) is 2. The summed E-state index contributed by atoms with van der Waals surface area (Å²) in [6.07, 6.45) is 0.651. The van der Waals surface area contributed by atoms with Gasteiger partial charge in [-0.2, -0.15) is 0 Å². The van der Waals surface area contributed by atoms with Gasteiger partial charge in [-0.25, -0.2) is 4.98 Å². The number of rotatable bonds is 3. The molecule has 1 aromatic heterocycles. The van der Waals surface area contributed by atoms with E-state index in [1.54, 1.807) is 24.3 Å². The lowest BCUT2D eigenvalue weighted by Gasteiger charge is -2.28. The number of H-pyrrole nitrogens is 1. The molecule has 0 radical (unpaired) electrons. The van der Waals surface area contributed by atoms with E-state index in [0.717, 1.165) is 28.9 Å². The first kappa shape index (κ1) is 18.0. The van der Waals surface area contributed by atoms with Gasteiger partial charge in [-0.3, -0.25) is 9.69 Å². The van der Waals surface area contributed by atoms with Crippen LogP contribution in [0.2, 0.25) is 10.0 Å². The van der Waals surface area contributed by atoms with Gasteiger partial charge in [-0.05, 0) is 54.4 Å². The molecule has 5 nitrogen and oxygen atoms in total. The smallest absolute Gasteiger partial charge is 0.254 e. The Bertz CT molecular complexity index is 1050. The summed E-state index contributed by atoms with van der Waals surface area (Å²) in [6, 6.07) is 12.8. The van der Waals surface area contributed by atoms with Gasteiger partial charge in [0.15, 0.2) is 0 Å². The Morgan fingerprint density at radius 3 is 2.70 bits per heavy atom. The third-order valence-corrected chi connectivity index (χ3v) is 5.34. The third-order valence-electron chi connectivity index (χ3n) is 4.74. The second-order valence-electron chi connectivity index (χ2n) is 6.66. The molecule has 2 heterocycles. The molecule has 7 heteroatoms. The molecule has 0 saturated heterocycles. The topological polar surface area (TPSA) is 75.0 Å². The van der Waals surface area contributed by atoms with Crippen LogP contribution >= 0.6 is 23.2 Å². The fraction of sp³-hybridized carbons (Fsp3) is 0.200. The maximum atomic E-state index is 12.5. The number of hydrogen-bond acceptors (Lipinski definition) is 4. The number of aromatic nitrogens is 2. The minimum Gasteiger partial charge on any atom is -0.399 e. The Morgan fingerprint density at radius 1 is 1.15 bits per heavy atom. The first-order valence-electron chi connectivity index (χ1n) is 8.64. The number of nitrogen functional groups attached to an aromatic ring is 1. The molecule has 0 saturated carbocycles. The van der Waals surface area contributed by atoms with Crippen LogP contribution in [0, 0.1) is 0 Å². The van der Waals surface area contributed by atoms with E-state index in [9.17, 15) is 4.79 Å². The van der Waals surface area contributed by atoms with E-state index < -0.39 is 0 Å². The summed E-state index contributed by atoms with van der Waals surface area (Å²) in [6.45, 7) is 2.01. The van der Waals surface area contributed by atoms with Gasteiger partial charge in [0, 0.05) is 46.5 Å². The molecule has 0 atom stereocenters. The number of nitrogens with zero attached hydrogens (tertiary/aromatic N) is 2. The molecular weight excluding hydrogens is 383 g/mol. The van der Waals surface area contributed by atoms with E-state index in [4.69, 9.17) is 33.9 Å². The quantitative estimate of drug-likeness (QED) is 0.654. The van der Waals surface area contributed by atoms with Gasteiger partial charge in [-0.15, -0.1) is 0 Å². The van der Waals surface area contributed by atoms with Crippen molar-refractivity contribution in [3.63, 3.8) is 0 Å². The average Bonchev–Trinajstić information content (AvgIpc) is 2.65. The maximum Gasteiger partial charge on any atom is 0.254 e. The van der Waals surface area contributed by atoms with Crippen LogP contribution in [0.1, 0.15) is 16.8 Å². The highest BCUT2D eigenvalue weighted by atomic mass is 35.5. The molecule has 0 unspecified atom stereocenters. The second kappa shape index (κ2) is 7.35. The molecule has 4 rings (SSSR count). The van der Waals surface area contributed by atoms with E-state index in [2.05, 4.69) is 9.88 Å². The van der Waals surface area contributed by atoms with E-state index in [-0.39, 0.29) is 5.56 Å². The highest BCUT2D eigenvalue weighted by Crippen LogP contribution is 2.25. The van der Waals surface area contributed by atoms with Crippen molar-refractivity contribution in [2.45, 2.75) is 19.5 Å². The molecule has 0 aliphatic carbocycles. The fourth-order valence-corrected chi connectivity index (χ4v) is 3.68. The summed E-state index contributed by atoms with van der Waals surface area (Å²) in [5.74, 6) is 0.557. The molecule has 138 valence electrons. The summed E-state index contributed by atoms with van der Waals surface area (Å²) < 4.78 is 0. The first-order chi connectivity index (χ1) is 13.0. The van der Waals surface area contributed by atoms with Crippen LogP contribution in [0.4, 0.5) is 5.69 Å². The third kappa shape index (κ3) is 3.86. The molecule has 0 spiro atoms. The van der Waals surface area contributed by atoms with Crippen LogP contribution < -0.4 is 11.3 Å². The van der Waals surface area contributed by atoms with Gasteiger partial charge in [0.05, 0.1) is 5.69 Å². The minimum atomic E-state index is -0.0766. The van der Waals surface area contributed by atoms with E-state index in [0.29, 0.717) is 41.1 Å². The number of benzene rings is 2. The molecule has 0 fully saturated rings. The minimum absolute atomic E-state index is 0.0766. The number of aromatic amines is 1. The SMILES string of the molecule is Nc1ccc(-c2nc3c(c(=O)[nH]2)CCN(Cc2cc(Cl)ccc2Cl)C3)cc1. The summed E-state index contributed by atoms with van der Waals surface area (Å²) in [7, 11) is 0. The lowest BCUT2D eigenvalue weighted by Crippen LogP contribution is -2.35. The zero-order valence-corrected chi connectivity index (χ0v) is 16.0. The maximum absolute atomic E-state index is 12.5. The lowest BCUT2D eigenvalue weighted by atomic mass is 10.0. The normalized spacial score (nSPS) is 14.1. The zero-order chi connectivity index (χ0) is 19.0. The summed E-state index contributed by atoms with van der Waals surface area (Å²) in [4.78, 5) is 22.3. The molecule has 0 amide bonds. The van der Waals surface area contributed by atoms with Gasteiger partial charge >= 0.3 is 0 Å². The Balaban J connectivity index is 1.62. The van der Waals surface area contributed by atoms with Crippen molar-refractivity contribution in [2.24, 2.45) is 0 Å². The summed E-state index contributed by atoms with van der Waals surface area (Å²) >= 11 is 12.4.